The van der Waals surface area contributed by atoms with E-state index in [-0.39, 0.29) is 17.6 Å². The average molecular weight is 281 g/mol. The molecule has 1 aromatic rings. The maximum Gasteiger partial charge on any atom is 0.372 e. The first-order valence-corrected chi connectivity index (χ1v) is 6.69. The maximum atomic E-state index is 11.3. The third kappa shape index (κ3) is 2.79. The highest BCUT2D eigenvalue weighted by molar-refractivity contribution is 5.63. The Hall–Kier alpha value is -1.96. The number of hydrogen-bond donors (Lipinski definition) is 1. The quantitative estimate of drug-likeness (QED) is 0.635. The first-order valence-electron chi connectivity index (χ1n) is 6.69. The van der Waals surface area contributed by atoms with Crippen molar-refractivity contribution in [1.29, 1.82) is 0 Å². The van der Waals surface area contributed by atoms with Gasteiger partial charge in [0.25, 0.3) is 5.88 Å². The Bertz CT molecular complexity index is 476. The molecule has 8 heteroatoms. The van der Waals surface area contributed by atoms with Crippen molar-refractivity contribution in [1.82, 2.24) is 15.3 Å². The molecular weight excluding hydrogens is 262 g/mol. The van der Waals surface area contributed by atoms with Crippen molar-refractivity contribution < 1.29 is 9.66 Å². The molecule has 0 spiro atoms. The normalized spacial score (nSPS) is 18.6. The van der Waals surface area contributed by atoms with Crippen molar-refractivity contribution in [3.63, 3.8) is 0 Å². The highest BCUT2D eigenvalue weighted by Crippen LogP contribution is 2.34. The zero-order chi connectivity index (χ0) is 14.5. The number of aromatic nitrogens is 2. The van der Waals surface area contributed by atoms with Gasteiger partial charge >= 0.3 is 5.69 Å². The molecule has 2 heterocycles. The van der Waals surface area contributed by atoms with Crippen LogP contribution < -0.4 is 15.0 Å². The minimum Gasteiger partial charge on any atom is -0.476 e. The number of piperidine rings is 1. The molecule has 1 N–H and O–H groups in total. The molecule has 0 aromatic carbocycles. The van der Waals surface area contributed by atoms with Gasteiger partial charge in [0.15, 0.2) is 0 Å². The summed E-state index contributed by atoms with van der Waals surface area (Å²) in [5, 5.41) is 14.6. The van der Waals surface area contributed by atoms with Crippen LogP contribution in [0.5, 0.6) is 5.88 Å². The van der Waals surface area contributed by atoms with Crippen LogP contribution in [0.4, 0.5) is 11.5 Å². The maximum absolute atomic E-state index is 11.3. The van der Waals surface area contributed by atoms with E-state index in [4.69, 9.17) is 4.74 Å². The van der Waals surface area contributed by atoms with E-state index < -0.39 is 4.92 Å². The van der Waals surface area contributed by atoms with Gasteiger partial charge < -0.3 is 15.0 Å². The van der Waals surface area contributed by atoms with E-state index in [2.05, 4.69) is 15.3 Å². The zero-order valence-electron chi connectivity index (χ0n) is 11.7. The molecule has 1 aromatic heterocycles. The van der Waals surface area contributed by atoms with Crippen molar-refractivity contribution >= 4 is 11.5 Å². The van der Waals surface area contributed by atoms with Crippen LogP contribution in [-0.4, -0.2) is 47.7 Å². The van der Waals surface area contributed by atoms with Crippen LogP contribution in [0.15, 0.2) is 6.33 Å². The molecule has 1 atom stereocenters. The zero-order valence-corrected chi connectivity index (χ0v) is 11.7. The molecular formula is C12H19N5O3. The highest BCUT2D eigenvalue weighted by Gasteiger charge is 2.31. The van der Waals surface area contributed by atoms with Crippen LogP contribution in [-0.2, 0) is 0 Å². The summed E-state index contributed by atoms with van der Waals surface area (Å²) < 4.78 is 4.99. The Morgan fingerprint density at radius 2 is 2.40 bits per heavy atom. The summed E-state index contributed by atoms with van der Waals surface area (Å²) in [6.07, 6.45) is 3.35. The number of ether oxygens (including phenoxy) is 1. The van der Waals surface area contributed by atoms with Crippen LogP contribution >= 0.6 is 0 Å². The fourth-order valence-corrected chi connectivity index (χ4v) is 2.55. The molecule has 110 valence electrons. The largest absolute Gasteiger partial charge is 0.476 e. The van der Waals surface area contributed by atoms with Gasteiger partial charge in [-0.3, -0.25) is 10.1 Å². The van der Waals surface area contributed by atoms with Crippen molar-refractivity contribution in [2.75, 3.05) is 31.6 Å². The lowest BCUT2D eigenvalue weighted by atomic mass is 10.1. The van der Waals surface area contributed by atoms with Gasteiger partial charge in [-0.05, 0) is 26.3 Å². The molecule has 0 radical (unpaired) electrons. The van der Waals surface area contributed by atoms with Crippen LogP contribution in [0.1, 0.15) is 19.8 Å². The van der Waals surface area contributed by atoms with E-state index in [1.54, 1.807) is 0 Å². The average Bonchev–Trinajstić information content (AvgIpc) is 2.48. The topological polar surface area (TPSA) is 93.4 Å². The van der Waals surface area contributed by atoms with E-state index in [1.807, 2.05) is 11.8 Å². The number of methoxy groups -OCH3 is 1. The van der Waals surface area contributed by atoms with E-state index in [0.29, 0.717) is 12.4 Å². The minimum atomic E-state index is -0.479. The first-order chi connectivity index (χ1) is 9.69. The summed E-state index contributed by atoms with van der Waals surface area (Å²) in [6, 6.07) is 0.201. The molecule has 0 aliphatic carbocycles. The summed E-state index contributed by atoms with van der Waals surface area (Å²) in [4.78, 5) is 20.7. The van der Waals surface area contributed by atoms with Crippen LogP contribution in [0.25, 0.3) is 0 Å². The van der Waals surface area contributed by atoms with Gasteiger partial charge in [0, 0.05) is 19.1 Å². The Morgan fingerprint density at radius 1 is 1.60 bits per heavy atom. The Morgan fingerprint density at radius 3 is 2.95 bits per heavy atom. The van der Waals surface area contributed by atoms with Crippen molar-refractivity contribution in [2.45, 2.75) is 25.8 Å². The predicted octanol–water partition coefficient (Wildman–Crippen LogP) is 0.972. The van der Waals surface area contributed by atoms with Gasteiger partial charge in [-0.2, -0.15) is 4.98 Å². The lowest BCUT2D eigenvalue weighted by Gasteiger charge is -2.34. The second kappa shape index (κ2) is 6.47. The summed E-state index contributed by atoms with van der Waals surface area (Å²) in [6.45, 7) is 4.40. The molecule has 0 saturated carbocycles. The number of nitro groups is 1. The monoisotopic (exact) mass is 281 g/mol. The molecule has 1 unspecified atom stereocenters. The summed E-state index contributed by atoms with van der Waals surface area (Å²) in [5.41, 5.74) is -0.164. The summed E-state index contributed by atoms with van der Waals surface area (Å²) in [7, 11) is 1.37. The van der Waals surface area contributed by atoms with Gasteiger partial charge in [-0.15, -0.1) is 0 Å². The molecule has 1 saturated heterocycles. The van der Waals surface area contributed by atoms with Crippen LogP contribution in [0.2, 0.25) is 0 Å². The van der Waals surface area contributed by atoms with E-state index in [0.717, 1.165) is 25.9 Å². The SMILES string of the molecule is CCN(c1ncnc(OC)c1[N+](=O)[O-])C1CCCNC1. The molecule has 0 amide bonds. The number of nitrogens with one attached hydrogen (secondary N) is 1. The Kier molecular flexibility index (Phi) is 4.67. The molecule has 1 aliphatic heterocycles. The smallest absolute Gasteiger partial charge is 0.372 e. The third-order valence-corrected chi connectivity index (χ3v) is 3.47. The van der Waals surface area contributed by atoms with Crippen molar-refractivity contribution in [3.05, 3.63) is 16.4 Å². The molecule has 1 aliphatic rings. The minimum absolute atomic E-state index is 0.00205. The van der Waals surface area contributed by atoms with Crippen LogP contribution in [0.3, 0.4) is 0 Å². The van der Waals surface area contributed by atoms with Gasteiger partial charge in [0.05, 0.1) is 12.0 Å². The molecule has 1 fully saturated rings. The van der Waals surface area contributed by atoms with E-state index in [9.17, 15) is 10.1 Å². The van der Waals surface area contributed by atoms with Gasteiger partial charge in [0.2, 0.25) is 5.82 Å². The number of nitrogens with zero attached hydrogens (tertiary/aromatic N) is 4. The van der Waals surface area contributed by atoms with Gasteiger partial charge in [-0.1, -0.05) is 0 Å². The van der Waals surface area contributed by atoms with Crippen molar-refractivity contribution in [3.8, 4) is 5.88 Å². The molecule has 2 rings (SSSR count). The second-order valence-electron chi connectivity index (χ2n) is 4.60. The van der Waals surface area contributed by atoms with Crippen molar-refractivity contribution in [2.24, 2.45) is 0 Å². The number of likely N-dealkylation sites (N-methyl/N-ethyl adjacent to an activating group) is 1. The van der Waals surface area contributed by atoms with E-state index in [1.165, 1.54) is 13.4 Å². The lowest BCUT2D eigenvalue weighted by molar-refractivity contribution is -0.385. The Labute approximate surface area is 117 Å². The fraction of sp³-hybridized carbons (Fsp3) is 0.667. The molecule has 20 heavy (non-hydrogen) atoms. The van der Waals surface area contributed by atoms with E-state index >= 15 is 0 Å². The fourth-order valence-electron chi connectivity index (χ4n) is 2.55. The number of anilines is 1. The first kappa shape index (κ1) is 14.4. The van der Waals surface area contributed by atoms with Gasteiger partial charge in [-0.25, -0.2) is 4.98 Å². The highest BCUT2D eigenvalue weighted by atomic mass is 16.6. The third-order valence-electron chi connectivity index (χ3n) is 3.47. The molecule has 8 nitrogen and oxygen atoms in total. The predicted molar refractivity (Wildman–Crippen MR) is 74.2 cm³/mol. The van der Waals surface area contributed by atoms with Gasteiger partial charge in [0.1, 0.15) is 6.33 Å². The summed E-state index contributed by atoms with van der Waals surface area (Å²) >= 11 is 0. The lowest BCUT2D eigenvalue weighted by Crippen LogP contribution is -2.46. The van der Waals surface area contributed by atoms with Crippen LogP contribution in [0, 0.1) is 10.1 Å². The Balaban J connectivity index is 2.40. The summed E-state index contributed by atoms with van der Waals surface area (Å²) in [5.74, 6) is 0.334. The number of rotatable bonds is 5. The number of hydrogen-bond acceptors (Lipinski definition) is 7. The second-order valence-corrected chi connectivity index (χ2v) is 4.60. The standard InChI is InChI=1S/C12H19N5O3/c1-3-16(9-5-4-6-13-7-9)11-10(17(18)19)12(20-2)15-8-14-11/h8-9,13H,3-7H2,1-2H3. The molecule has 0 bridgehead atoms.